The second kappa shape index (κ2) is 9.54. The predicted molar refractivity (Wildman–Crippen MR) is 131 cm³/mol. The Kier molecular flexibility index (Phi) is 6.58. The number of hydrogen-bond acceptors (Lipinski definition) is 4. The van der Waals surface area contributed by atoms with Crippen molar-refractivity contribution >= 4 is 50.8 Å². The molecule has 4 rings (SSSR count). The number of hydrogen-bond donors (Lipinski definition) is 1. The molecule has 6 nitrogen and oxygen atoms in total. The zero-order valence-corrected chi connectivity index (χ0v) is 19.2. The van der Waals surface area contributed by atoms with E-state index in [1.54, 1.807) is 53.2 Å². The van der Waals surface area contributed by atoms with Crippen LogP contribution in [0.25, 0.3) is 22.2 Å². The van der Waals surface area contributed by atoms with Gasteiger partial charge in [-0.3, -0.25) is 14.1 Å². The number of rotatable bonds is 7. The summed E-state index contributed by atoms with van der Waals surface area (Å²) >= 11 is 6.44. The van der Waals surface area contributed by atoms with Crippen molar-refractivity contribution < 1.29 is 13.4 Å². The van der Waals surface area contributed by atoms with Crippen molar-refractivity contribution in [3.63, 3.8) is 0 Å². The molecule has 0 aliphatic carbocycles. The fourth-order valence-corrected chi connectivity index (χ4v) is 4.64. The first-order valence-corrected chi connectivity index (χ1v) is 11.9. The summed E-state index contributed by atoms with van der Waals surface area (Å²) in [7, 11) is -1.09. The van der Waals surface area contributed by atoms with Crippen LogP contribution in [0.2, 0.25) is 5.02 Å². The fraction of sp³-hybridized carbons (Fsp3) is 0.167. The molecule has 0 aliphatic rings. The largest absolute Gasteiger partial charge is 0.464 e. The van der Waals surface area contributed by atoms with E-state index in [9.17, 15) is 9.00 Å². The third-order valence-corrected chi connectivity index (χ3v) is 6.84. The second-order valence-corrected chi connectivity index (χ2v) is 9.06. The number of halogens is 1. The Morgan fingerprint density at radius 1 is 1.12 bits per heavy atom. The Bertz CT molecular complexity index is 1290. The van der Waals surface area contributed by atoms with Crippen LogP contribution in [0.1, 0.15) is 24.2 Å². The molecule has 2 heterocycles. The summed E-state index contributed by atoms with van der Waals surface area (Å²) in [6.07, 6.45) is 3.27. The minimum Gasteiger partial charge on any atom is -0.464 e. The molecular weight excluding hydrogens is 446 g/mol. The molecule has 2 aromatic heterocycles. The van der Waals surface area contributed by atoms with Gasteiger partial charge >= 0.3 is 0 Å². The van der Waals surface area contributed by atoms with Gasteiger partial charge in [-0.25, -0.2) is 4.21 Å². The van der Waals surface area contributed by atoms with Gasteiger partial charge in [0.05, 0.1) is 17.0 Å². The molecule has 2 aromatic carbocycles. The summed E-state index contributed by atoms with van der Waals surface area (Å²) in [5.74, 6) is 0.287. The van der Waals surface area contributed by atoms with Crippen LogP contribution in [0.5, 0.6) is 0 Å². The van der Waals surface area contributed by atoms with Crippen LogP contribution in [0.3, 0.4) is 0 Å². The van der Waals surface area contributed by atoms with Crippen LogP contribution in [0, 0.1) is 0 Å². The average Bonchev–Trinajstić information content (AvgIpc) is 3.30. The van der Waals surface area contributed by atoms with Crippen molar-refractivity contribution in [2.45, 2.75) is 13.8 Å². The van der Waals surface area contributed by atoms with Crippen LogP contribution in [-0.2, 0) is 11.0 Å². The molecule has 0 saturated carbocycles. The Morgan fingerprint density at radius 2 is 1.91 bits per heavy atom. The first kappa shape index (κ1) is 22.0. The summed E-state index contributed by atoms with van der Waals surface area (Å²) < 4.78 is 19.4. The van der Waals surface area contributed by atoms with E-state index in [0.29, 0.717) is 45.4 Å². The number of benzene rings is 2. The number of carbonyl (C=O) groups excluding carboxylic acids is 1. The molecule has 1 unspecified atom stereocenters. The Morgan fingerprint density at radius 3 is 2.62 bits per heavy atom. The molecule has 0 spiro atoms. The molecule has 4 aromatic rings. The van der Waals surface area contributed by atoms with Gasteiger partial charge in [0.1, 0.15) is 16.6 Å². The highest BCUT2D eigenvalue weighted by atomic mass is 35.5. The van der Waals surface area contributed by atoms with Gasteiger partial charge < -0.3 is 9.73 Å². The molecule has 1 atom stereocenters. The zero-order chi connectivity index (χ0) is 22.7. The van der Waals surface area contributed by atoms with Crippen LogP contribution >= 0.6 is 11.6 Å². The molecule has 0 saturated heterocycles. The van der Waals surface area contributed by atoms with Crippen LogP contribution in [-0.4, -0.2) is 27.4 Å². The van der Waals surface area contributed by atoms with Gasteiger partial charge in [-0.1, -0.05) is 18.5 Å². The molecule has 0 bridgehead atoms. The number of furan rings is 1. The van der Waals surface area contributed by atoms with Crippen molar-refractivity contribution in [2.24, 2.45) is 0 Å². The van der Waals surface area contributed by atoms with E-state index in [1.807, 2.05) is 32.0 Å². The summed E-state index contributed by atoms with van der Waals surface area (Å²) in [5, 5.41) is 4.28. The third kappa shape index (κ3) is 4.40. The van der Waals surface area contributed by atoms with Crippen molar-refractivity contribution in [3.05, 3.63) is 77.6 Å². The van der Waals surface area contributed by atoms with Crippen molar-refractivity contribution in [3.8, 4) is 11.3 Å². The maximum atomic E-state index is 12.8. The van der Waals surface area contributed by atoms with Crippen LogP contribution in [0.15, 0.2) is 71.5 Å². The molecule has 164 valence electrons. The molecular formula is C24H22ClN3O3S. The predicted octanol–water partition coefficient (Wildman–Crippen LogP) is 5.91. The number of amides is 1. The lowest BCUT2D eigenvalue weighted by atomic mass is 10.1. The summed E-state index contributed by atoms with van der Waals surface area (Å²) in [6.45, 7) is 4.45. The normalized spacial score (nSPS) is 12.0. The lowest BCUT2D eigenvalue weighted by Crippen LogP contribution is -2.26. The maximum absolute atomic E-state index is 12.8. The minimum atomic E-state index is -1.09. The second-order valence-electron chi connectivity index (χ2n) is 6.99. The van der Waals surface area contributed by atoms with Gasteiger partial charge in [-0.15, -0.1) is 0 Å². The van der Waals surface area contributed by atoms with Gasteiger partial charge in [0.2, 0.25) is 0 Å². The number of aromatic nitrogens is 1. The first-order valence-electron chi connectivity index (χ1n) is 10.2. The SMILES string of the molecule is CCN(c1ccc(C(=O)Nc2ccc(Cl)c(-c3nccc4occc34)c2)cc1)S(=O)CC. The third-order valence-electron chi connectivity index (χ3n) is 5.06. The van der Waals surface area contributed by atoms with E-state index in [1.165, 1.54) is 0 Å². The zero-order valence-electron chi connectivity index (χ0n) is 17.7. The number of anilines is 2. The van der Waals surface area contributed by atoms with Gasteiger partial charge in [0.15, 0.2) is 0 Å². The number of pyridine rings is 1. The summed E-state index contributed by atoms with van der Waals surface area (Å²) in [4.78, 5) is 17.3. The topological polar surface area (TPSA) is 75.4 Å². The van der Waals surface area contributed by atoms with Crippen molar-refractivity contribution in [1.29, 1.82) is 0 Å². The Balaban J connectivity index is 1.57. The van der Waals surface area contributed by atoms with Crippen LogP contribution in [0.4, 0.5) is 11.4 Å². The highest BCUT2D eigenvalue weighted by molar-refractivity contribution is 7.86. The highest BCUT2D eigenvalue weighted by Gasteiger charge is 2.15. The Hall–Kier alpha value is -3.16. The molecule has 8 heteroatoms. The average molecular weight is 468 g/mol. The lowest BCUT2D eigenvalue weighted by molar-refractivity contribution is 0.102. The van der Waals surface area contributed by atoms with Gasteiger partial charge in [-0.05, 0) is 61.5 Å². The van der Waals surface area contributed by atoms with E-state index in [2.05, 4.69) is 10.3 Å². The molecule has 1 amide bonds. The molecule has 32 heavy (non-hydrogen) atoms. The molecule has 0 aliphatic heterocycles. The van der Waals surface area contributed by atoms with E-state index in [4.69, 9.17) is 16.0 Å². The van der Waals surface area contributed by atoms with E-state index >= 15 is 0 Å². The van der Waals surface area contributed by atoms with E-state index in [-0.39, 0.29) is 5.91 Å². The smallest absolute Gasteiger partial charge is 0.255 e. The number of nitrogens with one attached hydrogen (secondary N) is 1. The first-order chi connectivity index (χ1) is 15.5. The fourth-order valence-electron chi connectivity index (χ4n) is 3.48. The molecule has 0 radical (unpaired) electrons. The number of nitrogens with zero attached hydrogens (tertiary/aromatic N) is 2. The number of carbonyl (C=O) groups is 1. The standard InChI is InChI=1S/C24H22ClN3O3S/c1-3-28(32(30)4-2)18-8-5-16(6-9-18)24(29)27-17-7-10-21(25)20(15-17)23-19-12-14-31-22(19)11-13-26-23/h5-15H,3-4H2,1-2H3,(H,27,29). The monoisotopic (exact) mass is 467 g/mol. The summed E-state index contributed by atoms with van der Waals surface area (Å²) in [6, 6.07) is 16.0. The van der Waals surface area contributed by atoms with E-state index in [0.717, 1.165) is 11.1 Å². The van der Waals surface area contributed by atoms with Crippen molar-refractivity contribution in [1.82, 2.24) is 4.98 Å². The quantitative estimate of drug-likeness (QED) is 0.366. The number of fused-ring (bicyclic) bond motifs is 1. The summed E-state index contributed by atoms with van der Waals surface area (Å²) in [5.41, 5.74) is 4.02. The highest BCUT2D eigenvalue weighted by Crippen LogP contribution is 2.34. The van der Waals surface area contributed by atoms with Gasteiger partial charge in [-0.2, -0.15) is 0 Å². The lowest BCUT2D eigenvalue weighted by Gasteiger charge is -2.21. The minimum absolute atomic E-state index is 0.251. The van der Waals surface area contributed by atoms with Crippen molar-refractivity contribution in [2.75, 3.05) is 21.9 Å². The van der Waals surface area contributed by atoms with Crippen LogP contribution < -0.4 is 9.62 Å². The Labute approximate surface area is 193 Å². The molecule has 0 fully saturated rings. The van der Waals surface area contributed by atoms with Gasteiger partial charge in [0.25, 0.3) is 5.91 Å². The van der Waals surface area contributed by atoms with E-state index < -0.39 is 11.0 Å². The molecule has 1 N–H and O–H groups in total. The van der Waals surface area contributed by atoms with Gasteiger partial charge in [0, 0.05) is 46.4 Å². The maximum Gasteiger partial charge on any atom is 0.255 e.